The number of pyridine rings is 1. The summed E-state index contributed by atoms with van der Waals surface area (Å²) in [6, 6.07) is 3.97. The van der Waals surface area contributed by atoms with Gasteiger partial charge < -0.3 is 5.73 Å². The monoisotopic (exact) mass is 236 g/mol. The SMILES string of the molecule is CC1CCC(Sc2ccc(N)nc2)CC1C. The van der Waals surface area contributed by atoms with Crippen molar-refractivity contribution >= 4 is 17.6 Å². The van der Waals surface area contributed by atoms with E-state index in [9.17, 15) is 0 Å². The van der Waals surface area contributed by atoms with Gasteiger partial charge in [0, 0.05) is 16.3 Å². The van der Waals surface area contributed by atoms with E-state index in [0.717, 1.165) is 17.1 Å². The Labute approximate surface area is 102 Å². The number of nitrogen functional groups attached to an aromatic ring is 1. The Morgan fingerprint density at radius 1 is 1.25 bits per heavy atom. The molecule has 3 heteroatoms. The predicted octanol–water partition coefficient (Wildman–Crippen LogP) is 3.58. The van der Waals surface area contributed by atoms with Gasteiger partial charge in [-0.2, -0.15) is 0 Å². The van der Waals surface area contributed by atoms with Crippen molar-refractivity contribution in [3.8, 4) is 0 Å². The van der Waals surface area contributed by atoms with Gasteiger partial charge in [0.15, 0.2) is 0 Å². The van der Waals surface area contributed by atoms with Gasteiger partial charge >= 0.3 is 0 Å². The predicted molar refractivity (Wildman–Crippen MR) is 70.5 cm³/mol. The van der Waals surface area contributed by atoms with Gasteiger partial charge in [0.25, 0.3) is 0 Å². The highest BCUT2D eigenvalue weighted by Crippen LogP contribution is 2.38. The van der Waals surface area contributed by atoms with E-state index in [-0.39, 0.29) is 0 Å². The molecule has 16 heavy (non-hydrogen) atoms. The molecule has 1 fully saturated rings. The fourth-order valence-electron chi connectivity index (χ4n) is 2.26. The summed E-state index contributed by atoms with van der Waals surface area (Å²) >= 11 is 1.96. The molecule has 0 radical (unpaired) electrons. The second kappa shape index (κ2) is 5.09. The van der Waals surface area contributed by atoms with Crippen LogP contribution in [-0.2, 0) is 0 Å². The van der Waals surface area contributed by atoms with Gasteiger partial charge in [-0.1, -0.05) is 13.8 Å². The zero-order chi connectivity index (χ0) is 11.5. The first-order valence-electron chi connectivity index (χ1n) is 6.03. The molecule has 1 saturated carbocycles. The quantitative estimate of drug-likeness (QED) is 0.853. The molecule has 0 spiro atoms. The summed E-state index contributed by atoms with van der Waals surface area (Å²) in [7, 11) is 0. The Hall–Kier alpha value is -0.700. The number of thioether (sulfide) groups is 1. The van der Waals surface area contributed by atoms with Crippen LogP contribution in [0.1, 0.15) is 33.1 Å². The molecule has 2 N–H and O–H groups in total. The number of nitrogens with zero attached hydrogens (tertiary/aromatic N) is 1. The molecule has 1 heterocycles. The molecular weight excluding hydrogens is 216 g/mol. The normalized spacial score (nSPS) is 30.2. The molecule has 3 atom stereocenters. The van der Waals surface area contributed by atoms with E-state index >= 15 is 0 Å². The highest BCUT2D eigenvalue weighted by atomic mass is 32.2. The van der Waals surface area contributed by atoms with Crippen LogP contribution in [0.4, 0.5) is 5.82 Å². The summed E-state index contributed by atoms with van der Waals surface area (Å²) in [5, 5.41) is 0.761. The summed E-state index contributed by atoms with van der Waals surface area (Å²) < 4.78 is 0. The molecule has 1 aromatic heterocycles. The van der Waals surface area contributed by atoms with Crippen LogP contribution >= 0.6 is 11.8 Å². The van der Waals surface area contributed by atoms with Crippen LogP contribution in [0.25, 0.3) is 0 Å². The van der Waals surface area contributed by atoms with Crippen molar-refractivity contribution in [1.82, 2.24) is 4.98 Å². The van der Waals surface area contributed by atoms with E-state index in [1.165, 1.54) is 24.2 Å². The number of nitrogens with two attached hydrogens (primary N) is 1. The zero-order valence-corrected chi connectivity index (χ0v) is 10.8. The summed E-state index contributed by atoms with van der Waals surface area (Å²) in [5.41, 5.74) is 5.58. The minimum atomic E-state index is 0.606. The lowest BCUT2D eigenvalue weighted by Gasteiger charge is -2.31. The van der Waals surface area contributed by atoms with Crippen LogP contribution in [0.3, 0.4) is 0 Å². The van der Waals surface area contributed by atoms with Crippen LogP contribution in [0, 0.1) is 11.8 Å². The Kier molecular flexibility index (Phi) is 3.74. The third-order valence-corrected chi connectivity index (χ3v) is 4.89. The molecule has 3 unspecified atom stereocenters. The van der Waals surface area contributed by atoms with Crippen molar-refractivity contribution in [3.63, 3.8) is 0 Å². The second-order valence-electron chi connectivity index (χ2n) is 4.93. The van der Waals surface area contributed by atoms with E-state index in [4.69, 9.17) is 5.73 Å². The Morgan fingerprint density at radius 2 is 2.06 bits per heavy atom. The first-order chi connectivity index (χ1) is 7.65. The average molecular weight is 236 g/mol. The van der Waals surface area contributed by atoms with Gasteiger partial charge in [-0.15, -0.1) is 11.8 Å². The van der Waals surface area contributed by atoms with Gasteiger partial charge in [-0.3, -0.25) is 0 Å². The Morgan fingerprint density at radius 3 is 2.69 bits per heavy atom. The minimum absolute atomic E-state index is 0.606. The molecule has 0 aromatic carbocycles. The lowest BCUT2D eigenvalue weighted by atomic mass is 9.81. The van der Waals surface area contributed by atoms with Gasteiger partial charge in [-0.25, -0.2) is 4.98 Å². The first-order valence-corrected chi connectivity index (χ1v) is 6.91. The summed E-state index contributed by atoms with van der Waals surface area (Å²) in [4.78, 5) is 5.39. The molecule has 0 aliphatic heterocycles. The van der Waals surface area contributed by atoms with Gasteiger partial charge in [0.2, 0.25) is 0 Å². The first kappa shape index (κ1) is 11.8. The standard InChI is InChI=1S/C13H20N2S/c1-9-3-4-11(7-10(9)2)16-12-5-6-13(14)15-8-12/h5-6,8-11H,3-4,7H2,1-2H3,(H2,14,15). The molecule has 0 saturated heterocycles. The number of anilines is 1. The summed E-state index contributed by atoms with van der Waals surface area (Å²) in [6.07, 6.45) is 5.92. The van der Waals surface area contributed by atoms with Crippen molar-refractivity contribution in [2.75, 3.05) is 5.73 Å². The van der Waals surface area contributed by atoms with Gasteiger partial charge in [-0.05, 0) is 43.2 Å². The van der Waals surface area contributed by atoms with Gasteiger partial charge in [0.05, 0.1) is 0 Å². The highest BCUT2D eigenvalue weighted by Gasteiger charge is 2.24. The summed E-state index contributed by atoms with van der Waals surface area (Å²) in [6.45, 7) is 4.74. The van der Waals surface area contributed by atoms with Crippen LogP contribution in [0.15, 0.2) is 23.2 Å². The smallest absolute Gasteiger partial charge is 0.123 e. The third kappa shape index (κ3) is 2.91. The van der Waals surface area contributed by atoms with Crippen molar-refractivity contribution in [3.05, 3.63) is 18.3 Å². The van der Waals surface area contributed by atoms with E-state index < -0.39 is 0 Å². The fraction of sp³-hybridized carbons (Fsp3) is 0.615. The van der Waals surface area contributed by atoms with Crippen molar-refractivity contribution < 1.29 is 0 Å². The maximum atomic E-state index is 5.58. The van der Waals surface area contributed by atoms with E-state index in [2.05, 4.69) is 24.9 Å². The van der Waals surface area contributed by atoms with Gasteiger partial charge in [0.1, 0.15) is 5.82 Å². The number of aromatic nitrogens is 1. The van der Waals surface area contributed by atoms with Crippen LogP contribution < -0.4 is 5.73 Å². The van der Waals surface area contributed by atoms with Crippen LogP contribution in [0.5, 0.6) is 0 Å². The zero-order valence-electron chi connectivity index (χ0n) is 10.0. The maximum absolute atomic E-state index is 5.58. The molecule has 2 nitrogen and oxygen atoms in total. The molecule has 0 bridgehead atoms. The molecule has 88 valence electrons. The topological polar surface area (TPSA) is 38.9 Å². The second-order valence-corrected chi connectivity index (χ2v) is 6.30. The van der Waals surface area contributed by atoms with E-state index in [0.29, 0.717) is 5.82 Å². The molecule has 1 aliphatic rings. The Bertz CT molecular complexity index is 336. The number of hydrogen-bond donors (Lipinski definition) is 1. The molecule has 2 rings (SSSR count). The molecule has 1 aliphatic carbocycles. The molecule has 0 amide bonds. The van der Waals surface area contributed by atoms with Crippen LogP contribution in [0.2, 0.25) is 0 Å². The molecule has 1 aromatic rings. The third-order valence-electron chi connectivity index (χ3n) is 3.61. The lowest BCUT2D eigenvalue weighted by Crippen LogP contribution is -2.22. The van der Waals surface area contributed by atoms with Crippen molar-refractivity contribution in [2.45, 2.75) is 43.3 Å². The van der Waals surface area contributed by atoms with E-state index in [1.807, 2.05) is 24.0 Å². The van der Waals surface area contributed by atoms with Crippen molar-refractivity contribution in [1.29, 1.82) is 0 Å². The Balaban J connectivity index is 1.93. The minimum Gasteiger partial charge on any atom is -0.384 e. The number of rotatable bonds is 2. The van der Waals surface area contributed by atoms with Crippen molar-refractivity contribution in [2.24, 2.45) is 11.8 Å². The fourth-order valence-corrected chi connectivity index (χ4v) is 3.56. The van der Waals surface area contributed by atoms with E-state index in [1.54, 1.807) is 0 Å². The summed E-state index contributed by atoms with van der Waals surface area (Å²) in [5.74, 6) is 2.35. The van der Waals surface area contributed by atoms with Crippen LogP contribution in [-0.4, -0.2) is 10.2 Å². The lowest BCUT2D eigenvalue weighted by molar-refractivity contribution is 0.283. The highest BCUT2D eigenvalue weighted by molar-refractivity contribution is 8.00. The average Bonchev–Trinajstić information content (AvgIpc) is 2.27. The molecular formula is C13H20N2S. The largest absolute Gasteiger partial charge is 0.384 e. The maximum Gasteiger partial charge on any atom is 0.123 e. The number of hydrogen-bond acceptors (Lipinski definition) is 3.